The summed E-state index contributed by atoms with van der Waals surface area (Å²) in [5.41, 5.74) is 1.49. The first-order chi connectivity index (χ1) is 16.8. The highest BCUT2D eigenvalue weighted by Crippen LogP contribution is 2.64. The van der Waals surface area contributed by atoms with Crippen LogP contribution in [0.1, 0.15) is 60.3 Å². The number of ether oxygens (including phenoxy) is 2. The third-order valence-corrected chi connectivity index (χ3v) is 9.76. The zero-order chi connectivity index (χ0) is 26.2. The van der Waals surface area contributed by atoms with Crippen molar-refractivity contribution >= 4 is 11.9 Å². The van der Waals surface area contributed by atoms with E-state index in [-0.39, 0.29) is 35.1 Å². The van der Waals surface area contributed by atoms with Crippen LogP contribution >= 0.6 is 0 Å². The Balaban J connectivity index is 1.46. The maximum Gasteiger partial charge on any atom is 0.333 e. The van der Waals surface area contributed by atoms with Crippen molar-refractivity contribution < 1.29 is 29.3 Å². The number of rotatable bonds is 2. The second-order valence-electron chi connectivity index (χ2n) is 12.3. The van der Waals surface area contributed by atoms with E-state index < -0.39 is 29.4 Å². The molecule has 2 N–H and O–H groups in total. The molecule has 0 saturated heterocycles. The molecule has 194 valence electrons. The molecule has 0 spiro atoms. The van der Waals surface area contributed by atoms with Gasteiger partial charge in [0, 0.05) is 23.5 Å². The zero-order valence-corrected chi connectivity index (χ0v) is 21.9. The summed E-state index contributed by atoms with van der Waals surface area (Å²) in [6.45, 7) is 14.3. The molecule has 5 rings (SSSR count). The summed E-state index contributed by atoms with van der Waals surface area (Å²) in [7, 11) is 0. The van der Waals surface area contributed by atoms with Crippen LogP contribution in [-0.4, -0.2) is 45.6 Å². The van der Waals surface area contributed by atoms with Crippen LogP contribution in [0.15, 0.2) is 59.3 Å². The predicted octanol–water partition coefficient (Wildman–Crippen LogP) is 4.34. The highest BCUT2D eigenvalue weighted by molar-refractivity contribution is 5.89. The van der Waals surface area contributed by atoms with Crippen LogP contribution in [-0.2, 0) is 19.1 Å². The van der Waals surface area contributed by atoms with Gasteiger partial charge in [-0.25, -0.2) is 9.59 Å². The van der Waals surface area contributed by atoms with Gasteiger partial charge in [-0.15, -0.1) is 0 Å². The van der Waals surface area contributed by atoms with Gasteiger partial charge in [0.15, 0.2) is 0 Å². The average Bonchev–Trinajstić information content (AvgIpc) is 2.87. The van der Waals surface area contributed by atoms with Crippen LogP contribution in [0.2, 0.25) is 0 Å². The Morgan fingerprint density at radius 2 is 1.86 bits per heavy atom. The number of aliphatic hydroxyl groups is 2. The summed E-state index contributed by atoms with van der Waals surface area (Å²) in [5, 5.41) is 22.8. The van der Waals surface area contributed by atoms with Gasteiger partial charge in [-0.3, -0.25) is 0 Å². The Morgan fingerprint density at radius 1 is 1.14 bits per heavy atom. The van der Waals surface area contributed by atoms with Crippen molar-refractivity contribution in [2.45, 2.75) is 83.7 Å². The smallest absolute Gasteiger partial charge is 0.333 e. The van der Waals surface area contributed by atoms with Gasteiger partial charge in [0.05, 0.1) is 5.60 Å². The van der Waals surface area contributed by atoms with Crippen molar-refractivity contribution in [3.8, 4) is 0 Å². The zero-order valence-electron chi connectivity index (χ0n) is 21.9. The molecule has 2 aliphatic heterocycles. The summed E-state index contributed by atoms with van der Waals surface area (Å²) in [6.07, 6.45) is 10.5. The van der Waals surface area contributed by atoms with Gasteiger partial charge in [-0.1, -0.05) is 32.6 Å². The summed E-state index contributed by atoms with van der Waals surface area (Å²) in [4.78, 5) is 24.3. The topological polar surface area (TPSA) is 93.1 Å². The summed E-state index contributed by atoms with van der Waals surface area (Å²) < 4.78 is 11.3. The monoisotopic (exact) mass is 494 g/mol. The van der Waals surface area contributed by atoms with Crippen molar-refractivity contribution in [2.24, 2.45) is 29.1 Å². The molecule has 0 aromatic carbocycles. The van der Waals surface area contributed by atoms with E-state index in [1.165, 1.54) is 6.08 Å². The third kappa shape index (κ3) is 3.76. The van der Waals surface area contributed by atoms with Crippen molar-refractivity contribution in [3.63, 3.8) is 0 Å². The Bertz CT molecular complexity index is 1140. The van der Waals surface area contributed by atoms with Gasteiger partial charge in [0.25, 0.3) is 0 Å². The van der Waals surface area contributed by atoms with E-state index in [1.807, 2.05) is 32.9 Å². The molecule has 6 heteroatoms. The Labute approximate surface area is 213 Å². The molecule has 0 aromatic heterocycles. The predicted molar refractivity (Wildman–Crippen MR) is 135 cm³/mol. The SMILES string of the molecule is C=C1C([C@@H](C)[C@@H]2OC(=O)C(C)=C[C@@H]2O)=CC[C@]2(C)[C@H]1C[C@@]1(O)C=C3C=CC(=O)OC(C)(C)[C@@H]3CC[C@@H]21. The van der Waals surface area contributed by atoms with Gasteiger partial charge in [-0.05, 0) is 92.6 Å². The second kappa shape index (κ2) is 8.29. The van der Waals surface area contributed by atoms with Crippen molar-refractivity contribution in [3.05, 3.63) is 59.3 Å². The minimum Gasteiger partial charge on any atom is -0.456 e. The molecule has 0 aromatic rings. The molecule has 36 heavy (non-hydrogen) atoms. The first-order valence-electron chi connectivity index (χ1n) is 13.1. The number of fused-ring (bicyclic) bond motifs is 4. The first kappa shape index (κ1) is 25.2. The number of hydrogen-bond acceptors (Lipinski definition) is 6. The number of carbonyl (C=O) groups is 2. The molecule has 8 atom stereocenters. The maximum absolute atomic E-state index is 12.2. The second-order valence-corrected chi connectivity index (χ2v) is 12.3. The Morgan fingerprint density at radius 3 is 2.58 bits per heavy atom. The van der Waals surface area contributed by atoms with E-state index in [2.05, 4.69) is 19.6 Å². The maximum atomic E-state index is 12.2. The third-order valence-electron chi connectivity index (χ3n) is 9.76. The fourth-order valence-corrected chi connectivity index (χ4v) is 7.81. The summed E-state index contributed by atoms with van der Waals surface area (Å²) in [6, 6.07) is 0. The molecular formula is C30H38O6. The number of allylic oxidation sites excluding steroid dienone is 3. The molecule has 0 amide bonds. The number of cyclic esters (lactones) is 2. The van der Waals surface area contributed by atoms with Gasteiger partial charge < -0.3 is 19.7 Å². The standard InChI is InChI=1S/C30H38O6/c1-16-13-23(31)26(35-27(16)33)18(3)20-11-12-29(6)22(17(20)2)15-30(34)14-19-7-10-25(32)36-28(4,5)21(19)8-9-24(29)30/h7,10-11,13-14,18,21-24,26,31,34H,2,8-9,12,15H2,1,3-6H3/t18-,21-,22+,23+,24+,26+,29-,30+/m1/s1. The quantitative estimate of drug-likeness (QED) is 0.555. The molecule has 5 aliphatic rings. The van der Waals surface area contributed by atoms with E-state index in [9.17, 15) is 19.8 Å². The largest absolute Gasteiger partial charge is 0.456 e. The normalized spacial score (nSPS) is 42.4. The number of carbonyl (C=O) groups excluding carboxylic acids is 2. The van der Waals surface area contributed by atoms with E-state index in [1.54, 1.807) is 13.0 Å². The number of esters is 2. The lowest BCUT2D eigenvalue weighted by atomic mass is 9.61. The minimum atomic E-state index is -1.02. The number of hydrogen-bond donors (Lipinski definition) is 2. The van der Waals surface area contributed by atoms with E-state index in [0.29, 0.717) is 12.0 Å². The van der Waals surface area contributed by atoms with Crippen LogP contribution in [0.3, 0.4) is 0 Å². The van der Waals surface area contributed by atoms with Gasteiger partial charge in [-0.2, -0.15) is 0 Å². The van der Waals surface area contributed by atoms with Gasteiger partial charge in [0.1, 0.15) is 17.8 Å². The van der Waals surface area contributed by atoms with Gasteiger partial charge >= 0.3 is 11.9 Å². The average molecular weight is 495 g/mol. The Hall–Kier alpha value is -2.44. The van der Waals surface area contributed by atoms with E-state index in [0.717, 1.165) is 36.0 Å². The molecule has 2 heterocycles. The van der Waals surface area contributed by atoms with Crippen molar-refractivity contribution in [1.29, 1.82) is 0 Å². The molecule has 1 saturated carbocycles. The summed E-state index contributed by atoms with van der Waals surface area (Å²) in [5.74, 6) is -0.864. The molecule has 0 unspecified atom stereocenters. The van der Waals surface area contributed by atoms with Crippen LogP contribution in [0.5, 0.6) is 0 Å². The lowest BCUT2D eigenvalue weighted by molar-refractivity contribution is -0.154. The highest BCUT2D eigenvalue weighted by Gasteiger charge is 2.61. The molecule has 0 radical (unpaired) electrons. The molecule has 0 bridgehead atoms. The van der Waals surface area contributed by atoms with Crippen LogP contribution in [0.25, 0.3) is 0 Å². The molecule has 1 fully saturated rings. The molecule has 3 aliphatic carbocycles. The van der Waals surface area contributed by atoms with Crippen molar-refractivity contribution in [2.75, 3.05) is 0 Å². The van der Waals surface area contributed by atoms with Crippen LogP contribution < -0.4 is 0 Å². The van der Waals surface area contributed by atoms with Gasteiger partial charge in [0.2, 0.25) is 0 Å². The fraction of sp³-hybridized carbons (Fsp3) is 0.600. The Kier molecular flexibility index (Phi) is 5.80. The van der Waals surface area contributed by atoms with E-state index >= 15 is 0 Å². The first-order valence-corrected chi connectivity index (χ1v) is 13.1. The lowest BCUT2D eigenvalue weighted by Gasteiger charge is -2.44. The minimum absolute atomic E-state index is 0.0220. The lowest BCUT2D eigenvalue weighted by Crippen LogP contribution is -2.42. The van der Waals surface area contributed by atoms with Crippen LogP contribution in [0, 0.1) is 29.1 Å². The number of aliphatic hydroxyl groups excluding tert-OH is 1. The molecular weight excluding hydrogens is 456 g/mol. The fourth-order valence-electron chi connectivity index (χ4n) is 7.81. The van der Waals surface area contributed by atoms with Crippen LogP contribution in [0.4, 0.5) is 0 Å². The molecule has 6 nitrogen and oxygen atoms in total. The van der Waals surface area contributed by atoms with E-state index in [4.69, 9.17) is 9.47 Å². The summed E-state index contributed by atoms with van der Waals surface area (Å²) >= 11 is 0. The highest BCUT2D eigenvalue weighted by atomic mass is 16.6. The van der Waals surface area contributed by atoms with Crippen molar-refractivity contribution in [1.82, 2.24) is 0 Å².